The van der Waals surface area contributed by atoms with E-state index in [1.807, 2.05) is 43.3 Å². The largest absolute Gasteiger partial charge is 0.488 e. The maximum Gasteiger partial charge on any atom is 0.272 e. The number of hydrogen-bond donors (Lipinski definition) is 2. The Morgan fingerprint density at radius 3 is 2.68 bits per heavy atom. The number of aliphatic imine (C=N–C) groups is 1. The van der Waals surface area contributed by atoms with Gasteiger partial charge in [0.2, 0.25) is 5.89 Å². The number of halogens is 3. The maximum absolute atomic E-state index is 12.3. The Morgan fingerprint density at radius 1 is 1.13 bits per heavy atom. The first kappa shape index (κ1) is 24.6. The molecule has 166 valence electrons. The predicted molar refractivity (Wildman–Crippen MR) is 127 cm³/mol. The fraction of sp³-hybridized carbons (Fsp3) is 0.273. The van der Waals surface area contributed by atoms with Crippen LogP contribution in [0.3, 0.4) is 0 Å². The first-order chi connectivity index (χ1) is 14.6. The van der Waals surface area contributed by atoms with Crippen LogP contribution in [0.2, 0.25) is 0 Å². The quantitative estimate of drug-likeness (QED) is 0.230. The van der Waals surface area contributed by atoms with Crippen molar-refractivity contribution in [3.05, 3.63) is 72.1 Å². The van der Waals surface area contributed by atoms with Gasteiger partial charge in [0, 0.05) is 12.1 Å². The van der Waals surface area contributed by atoms with Crippen molar-refractivity contribution >= 4 is 29.9 Å². The Morgan fingerprint density at radius 2 is 1.94 bits per heavy atom. The highest BCUT2D eigenvalue weighted by Gasteiger charge is 2.07. The Balaban J connectivity index is 0.00000341. The minimum atomic E-state index is -2.50. The first-order valence-electron chi connectivity index (χ1n) is 9.66. The molecule has 1 aromatic heterocycles. The standard InChI is InChI=1S/C22H24F2N4O2.HI/c1-2-25-22(26-12-16-7-6-10-19(11-16)29-15-20(23)24)27-13-18-14-30-21(28-18)17-8-4-3-5-9-17;/h3-11,14,20H,2,12-13,15H2,1H3,(H2,25,26,27);1H. The van der Waals surface area contributed by atoms with Crippen LogP contribution in [0.1, 0.15) is 18.2 Å². The molecule has 0 atom stereocenters. The number of aromatic nitrogens is 1. The summed E-state index contributed by atoms with van der Waals surface area (Å²) in [4.78, 5) is 9.02. The lowest BCUT2D eigenvalue weighted by Gasteiger charge is -2.10. The van der Waals surface area contributed by atoms with Gasteiger partial charge in [0.1, 0.15) is 18.6 Å². The minimum Gasteiger partial charge on any atom is -0.488 e. The molecule has 3 rings (SSSR count). The molecule has 0 spiro atoms. The first-order valence-corrected chi connectivity index (χ1v) is 9.66. The third-order valence-corrected chi connectivity index (χ3v) is 4.05. The highest BCUT2D eigenvalue weighted by atomic mass is 127. The van der Waals surface area contributed by atoms with Crippen LogP contribution >= 0.6 is 24.0 Å². The number of guanidine groups is 1. The molecular weight excluding hydrogens is 517 g/mol. The number of oxazole rings is 1. The van der Waals surface area contributed by atoms with Gasteiger partial charge in [0.25, 0.3) is 6.43 Å². The van der Waals surface area contributed by atoms with Crippen molar-refractivity contribution in [2.75, 3.05) is 13.2 Å². The van der Waals surface area contributed by atoms with E-state index in [9.17, 15) is 8.78 Å². The molecule has 0 fully saturated rings. The van der Waals surface area contributed by atoms with Gasteiger partial charge in [-0.1, -0.05) is 30.3 Å². The fourth-order valence-corrected chi connectivity index (χ4v) is 2.68. The third-order valence-electron chi connectivity index (χ3n) is 4.05. The van der Waals surface area contributed by atoms with Crippen LogP contribution in [-0.4, -0.2) is 30.5 Å². The second kappa shape index (κ2) is 12.9. The molecule has 2 aromatic carbocycles. The molecule has 6 nitrogen and oxygen atoms in total. The van der Waals surface area contributed by atoms with E-state index in [4.69, 9.17) is 9.15 Å². The highest BCUT2D eigenvalue weighted by molar-refractivity contribution is 14.0. The summed E-state index contributed by atoms with van der Waals surface area (Å²) in [6, 6.07) is 16.7. The van der Waals surface area contributed by atoms with Gasteiger partial charge in [-0.15, -0.1) is 24.0 Å². The molecule has 0 aliphatic rings. The maximum atomic E-state index is 12.3. The lowest BCUT2D eigenvalue weighted by molar-refractivity contribution is 0.0818. The van der Waals surface area contributed by atoms with Crippen LogP contribution in [0, 0.1) is 0 Å². The van der Waals surface area contributed by atoms with Gasteiger partial charge in [-0.05, 0) is 36.8 Å². The van der Waals surface area contributed by atoms with E-state index in [1.165, 1.54) is 0 Å². The second-order valence-electron chi connectivity index (χ2n) is 6.41. The number of hydrogen-bond acceptors (Lipinski definition) is 4. The molecule has 0 aliphatic heterocycles. The van der Waals surface area contributed by atoms with Crippen molar-refractivity contribution in [2.45, 2.75) is 26.4 Å². The summed E-state index contributed by atoms with van der Waals surface area (Å²) >= 11 is 0. The predicted octanol–water partition coefficient (Wildman–Crippen LogP) is 4.86. The van der Waals surface area contributed by atoms with Crippen molar-refractivity contribution in [3.63, 3.8) is 0 Å². The lowest BCUT2D eigenvalue weighted by Crippen LogP contribution is -2.36. The van der Waals surface area contributed by atoms with E-state index in [1.54, 1.807) is 24.5 Å². The molecule has 31 heavy (non-hydrogen) atoms. The summed E-state index contributed by atoms with van der Waals surface area (Å²) in [7, 11) is 0. The van der Waals surface area contributed by atoms with Crippen molar-refractivity contribution in [1.29, 1.82) is 0 Å². The van der Waals surface area contributed by atoms with Crippen molar-refractivity contribution in [2.24, 2.45) is 4.99 Å². The average Bonchev–Trinajstić information content (AvgIpc) is 3.24. The van der Waals surface area contributed by atoms with Gasteiger partial charge in [0.15, 0.2) is 5.96 Å². The molecule has 0 saturated carbocycles. The Bertz CT molecular complexity index is 951. The van der Waals surface area contributed by atoms with Gasteiger partial charge in [-0.3, -0.25) is 0 Å². The molecule has 3 aromatic rings. The molecule has 0 bridgehead atoms. The summed E-state index contributed by atoms with van der Waals surface area (Å²) < 4.78 is 35.2. The van der Waals surface area contributed by atoms with Gasteiger partial charge in [0.05, 0.1) is 18.8 Å². The van der Waals surface area contributed by atoms with Crippen LogP contribution in [0.5, 0.6) is 5.75 Å². The summed E-state index contributed by atoms with van der Waals surface area (Å²) in [6.45, 7) is 2.85. The van der Waals surface area contributed by atoms with E-state index >= 15 is 0 Å². The number of nitrogens with zero attached hydrogens (tertiary/aromatic N) is 2. The van der Waals surface area contributed by atoms with Crippen LogP contribution < -0.4 is 15.4 Å². The van der Waals surface area contributed by atoms with Crippen molar-refractivity contribution in [3.8, 4) is 17.2 Å². The molecule has 0 amide bonds. The van der Waals surface area contributed by atoms with E-state index in [0.29, 0.717) is 37.2 Å². The van der Waals surface area contributed by atoms with E-state index in [-0.39, 0.29) is 24.0 Å². The number of alkyl halides is 2. The Hall–Kier alpha value is -2.69. The lowest BCUT2D eigenvalue weighted by atomic mass is 10.2. The molecule has 0 unspecified atom stereocenters. The number of ether oxygens (including phenoxy) is 1. The average molecular weight is 542 g/mol. The zero-order valence-corrected chi connectivity index (χ0v) is 19.4. The Kier molecular flexibility index (Phi) is 10.2. The van der Waals surface area contributed by atoms with Crippen LogP contribution in [0.15, 0.2) is 70.3 Å². The smallest absolute Gasteiger partial charge is 0.272 e. The van der Waals surface area contributed by atoms with Crippen molar-refractivity contribution < 1.29 is 17.9 Å². The van der Waals surface area contributed by atoms with Gasteiger partial charge < -0.3 is 19.8 Å². The minimum absolute atomic E-state index is 0. The van der Waals surface area contributed by atoms with Crippen LogP contribution in [0.4, 0.5) is 8.78 Å². The van der Waals surface area contributed by atoms with Gasteiger partial charge >= 0.3 is 0 Å². The van der Waals surface area contributed by atoms with E-state index in [2.05, 4.69) is 20.6 Å². The van der Waals surface area contributed by atoms with Gasteiger partial charge in [-0.2, -0.15) is 0 Å². The van der Waals surface area contributed by atoms with Crippen molar-refractivity contribution in [1.82, 2.24) is 15.6 Å². The zero-order chi connectivity index (χ0) is 21.2. The number of benzene rings is 2. The SMILES string of the molecule is CCNC(=NCc1cccc(OCC(F)F)c1)NCc1coc(-c2ccccc2)n1.I. The normalized spacial score (nSPS) is 11.2. The molecule has 1 heterocycles. The summed E-state index contributed by atoms with van der Waals surface area (Å²) in [5, 5.41) is 6.38. The van der Waals surface area contributed by atoms with E-state index in [0.717, 1.165) is 16.8 Å². The van der Waals surface area contributed by atoms with Crippen LogP contribution in [-0.2, 0) is 13.1 Å². The zero-order valence-electron chi connectivity index (χ0n) is 17.1. The van der Waals surface area contributed by atoms with Crippen LogP contribution in [0.25, 0.3) is 11.5 Å². The summed E-state index contributed by atoms with van der Waals surface area (Å²) in [5.41, 5.74) is 2.52. The topological polar surface area (TPSA) is 71.7 Å². The summed E-state index contributed by atoms with van der Waals surface area (Å²) in [6.07, 6.45) is -0.891. The number of nitrogens with one attached hydrogen (secondary N) is 2. The number of rotatable bonds is 9. The molecule has 9 heteroatoms. The monoisotopic (exact) mass is 542 g/mol. The highest BCUT2D eigenvalue weighted by Crippen LogP contribution is 2.18. The Labute approximate surface area is 197 Å². The fourth-order valence-electron chi connectivity index (χ4n) is 2.68. The molecular formula is C22H25F2IN4O2. The van der Waals surface area contributed by atoms with E-state index < -0.39 is 13.0 Å². The molecule has 0 aliphatic carbocycles. The molecule has 0 saturated heterocycles. The molecule has 0 radical (unpaired) electrons. The second-order valence-corrected chi connectivity index (χ2v) is 6.41. The third kappa shape index (κ3) is 8.16. The molecule has 2 N–H and O–H groups in total. The van der Waals surface area contributed by atoms with Gasteiger partial charge in [-0.25, -0.2) is 18.8 Å². The summed E-state index contributed by atoms with van der Waals surface area (Å²) in [5.74, 6) is 1.58.